The molecule has 124 valence electrons. The van der Waals surface area contributed by atoms with Crippen LogP contribution in [0.2, 0.25) is 0 Å². The maximum absolute atomic E-state index is 9.48. The molecule has 5 nitrogen and oxygen atoms in total. The monoisotopic (exact) mass is 322 g/mol. The zero-order valence-electron chi connectivity index (χ0n) is 14.1. The summed E-state index contributed by atoms with van der Waals surface area (Å²) in [6, 6.07) is 7.15. The quantitative estimate of drug-likeness (QED) is 0.879. The highest BCUT2D eigenvalue weighted by Gasteiger charge is 2.38. The minimum absolute atomic E-state index is 0.262. The second kappa shape index (κ2) is 5.67. The molecule has 1 aromatic carbocycles. The molecule has 3 heterocycles. The fourth-order valence-electron chi connectivity index (χ4n) is 3.71. The van der Waals surface area contributed by atoms with Crippen molar-refractivity contribution in [3.8, 4) is 5.75 Å². The summed E-state index contributed by atoms with van der Waals surface area (Å²) in [5, 5.41) is 12.9. The first-order valence-electron chi connectivity index (χ1n) is 8.52. The van der Waals surface area contributed by atoms with Gasteiger partial charge >= 0.3 is 0 Å². The number of nitrogens with zero attached hydrogens (tertiary/aromatic N) is 3. The molecule has 2 N–H and O–H groups in total. The Bertz CT molecular complexity index is 782. The van der Waals surface area contributed by atoms with E-state index in [0.29, 0.717) is 5.92 Å². The van der Waals surface area contributed by atoms with Crippen LogP contribution in [-0.2, 0) is 0 Å². The molecular formula is C19H22N4O. The van der Waals surface area contributed by atoms with Crippen LogP contribution in [0.4, 0.5) is 0 Å². The Balaban J connectivity index is 1.70. The first-order chi connectivity index (χ1) is 11.6. The second-order valence-electron chi connectivity index (χ2n) is 6.85. The molecule has 3 aliphatic rings. The van der Waals surface area contributed by atoms with Crippen LogP contribution in [0.1, 0.15) is 32.3 Å². The van der Waals surface area contributed by atoms with Gasteiger partial charge in [0.25, 0.3) is 0 Å². The molecule has 24 heavy (non-hydrogen) atoms. The average Bonchev–Trinajstić information content (AvgIpc) is 2.93. The Morgan fingerprint density at radius 1 is 1.17 bits per heavy atom. The van der Waals surface area contributed by atoms with Crippen LogP contribution < -0.4 is 5.32 Å². The van der Waals surface area contributed by atoms with Crippen LogP contribution in [0, 0.1) is 5.92 Å². The van der Waals surface area contributed by atoms with Gasteiger partial charge in [0.2, 0.25) is 0 Å². The molecule has 1 fully saturated rings. The zero-order chi connectivity index (χ0) is 16.7. The summed E-state index contributed by atoms with van der Waals surface area (Å²) in [4.78, 5) is 14.5. The zero-order valence-corrected chi connectivity index (χ0v) is 14.1. The van der Waals surface area contributed by atoms with E-state index in [1.165, 1.54) is 0 Å². The van der Waals surface area contributed by atoms with Crippen molar-refractivity contribution in [3.63, 3.8) is 0 Å². The number of hydrogen-bond donors (Lipinski definition) is 2. The SMILES string of the molecule is CC1=C(c2ccc(O)cc2)N=C2C=NC(C)(C3CCNCC3)N=C21. The number of benzene rings is 1. The molecule has 0 amide bonds. The number of aromatic hydroxyl groups is 1. The third-order valence-corrected chi connectivity index (χ3v) is 5.22. The summed E-state index contributed by atoms with van der Waals surface area (Å²) < 4.78 is 0. The van der Waals surface area contributed by atoms with E-state index in [9.17, 15) is 5.11 Å². The number of phenols is 1. The molecule has 0 radical (unpaired) electrons. The van der Waals surface area contributed by atoms with Gasteiger partial charge in [-0.3, -0.25) is 9.98 Å². The van der Waals surface area contributed by atoms with Gasteiger partial charge in [0, 0.05) is 17.1 Å². The molecule has 3 aliphatic heterocycles. The molecule has 5 heteroatoms. The third-order valence-electron chi connectivity index (χ3n) is 5.22. The van der Waals surface area contributed by atoms with Gasteiger partial charge in [-0.25, -0.2) is 4.99 Å². The summed E-state index contributed by atoms with van der Waals surface area (Å²) in [6.45, 7) is 6.28. The fraction of sp³-hybridized carbons (Fsp3) is 0.421. The Morgan fingerprint density at radius 2 is 1.88 bits per heavy atom. The highest BCUT2D eigenvalue weighted by Crippen LogP contribution is 2.36. The average molecular weight is 322 g/mol. The molecule has 1 aromatic rings. The summed E-state index contributed by atoms with van der Waals surface area (Å²) in [5.41, 5.74) is 4.43. The molecule has 4 rings (SSSR count). The van der Waals surface area contributed by atoms with Gasteiger partial charge < -0.3 is 10.4 Å². The molecule has 0 bridgehead atoms. The van der Waals surface area contributed by atoms with Crippen molar-refractivity contribution in [2.75, 3.05) is 13.1 Å². The van der Waals surface area contributed by atoms with Crippen molar-refractivity contribution in [3.05, 3.63) is 35.4 Å². The molecule has 0 aromatic heterocycles. The molecule has 0 aliphatic carbocycles. The molecule has 0 saturated carbocycles. The lowest BCUT2D eigenvalue weighted by Gasteiger charge is -2.36. The first kappa shape index (κ1) is 15.3. The lowest BCUT2D eigenvalue weighted by molar-refractivity contribution is 0.243. The lowest BCUT2D eigenvalue weighted by atomic mass is 9.85. The number of fused-ring (bicyclic) bond motifs is 1. The minimum Gasteiger partial charge on any atom is -0.508 e. The highest BCUT2D eigenvalue weighted by atomic mass is 16.3. The maximum atomic E-state index is 9.48. The third kappa shape index (κ3) is 2.49. The topological polar surface area (TPSA) is 69.3 Å². The number of allylic oxidation sites excluding steroid dienone is 1. The van der Waals surface area contributed by atoms with E-state index in [1.807, 2.05) is 18.3 Å². The van der Waals surface area contributed by atoms with Crippen molar-refractivity contribution >= 4 is 23.3 Å². The van der Waals surface area contributed by atoms with E-state index in [0.717, 1.165) is 54.2 Å². The summed E-state index contributed by atoms with van der Waals surface area (Å²) in [6.07, 6.45) is 4.09. The van der Waals surface area contributed by atoms with E-state index in [-0.39, 0.29) is 11.4 Å². The number of phenolic OH excluding ortho intramolecular Hbond substituents is 1. The van der Waals surface area contributed by atoms with E-state index < -0.39 is 0 Å². The van der Waals surface area contributed by atoms with E-state index in [2.05, 4.69) is 19.2 Å². The normalized spacial score (nSPS) is 27.1. The Hall–Kier alpha value is -2.27. The Kier molecular flexibility index (Phi) is 3.61. The van der Waals surface area contributed by atoms with Gasteiger partial charge in [-0.15, -0.1) is 0 Å². The van der Waals surface area contributed by atoms with Crippen molar-refractivity contribution in [2.45, 2.75) is 32.4 Å². The smallest absolute Gasteiger partial charge is 0.151 e. The van der Waals surface area contributed by atoms with Gasteiger partial charge in [-0.1, -0.05) is 0 Å². The Morgan fingerprint density at radius 3 is 2.58 bits per heavy atom. The molecular weight excluding hydrogens is 300 g/mol. The first-order valence-corrected chi connectivity index (χ1v) is 8.52. The Labute approximate surface area is 141 Å². The van der Waals surface area contributed by atoms with E-state index >= 15 is 0 Å². The van der Waals surface area contributed by atoms with Crippen LogP contribution in [0.15, 0.2) is 44.8 Å². The number of rotatable bonds is 2. The number of piperidine rings is 1. The highest BCUT2D eigenvalue weighted by molar-refractivity contribution is 6.69. The lowest BCUT2D eigenvalue weighted by Crippen LogP contribution is -2.42. The molecule has 1 saturated heterocycles. The van der Waals surface area contributed by atoms with Crippen LogP contribution in [0.5, 0.6) is 5.75 Å². The van der Waals surface area contributed by atoms with Crippen LogP contribution in [0.3, 0.4) is 0 Å². The molecule has 0 spiro atoms. The predicted octanol–water partition coefficient (Wildman–Crippen LogP) is 2.82. The van der Waals surface area contributed by atoms with Crippen molar-refractivity contribution in [2.24, 2.45) is 20.9 Å². The van der Waals surface area contributed by atoms with Gasteiger partial charge in [-0.2, -0.15) is 0 Å². The standard InChI is InChI=1S/C19H22N4O/c1-12-17(13-3-5-15(24)6-4-13)22-16-11-21-19(2,23-18(12)16)14-7-9-20-10-8-14/h3-6,11,14,20,24H,7-10H2,1-2H3. The summed E-state index contributed by atoms with van der Waals surface area (Å²) in [5.74, 6) is 0.729. The predicted molar refractivity (Wildman–Crippen MR) is 98.1 cm³/mol. The summed E-state index contributed by atoms with van der Waals surface area (Å²) >= 11 is 0. The van der Waals surface area contributed by atoms with Crippen LogP contribution >= 0.6 is 0 Å². The van der Waals surface area contributed by atoms with E-state index in [1.54, 1.807) is 12.1 Å². The fourth-order valence-corrected chi connectivity index (χ4v) is 3.71. The number of hydrogen-bond acceptors (Lipinski definition) is 5. The van der Waals surface area contributed by atoms with E-state index in [4.69, 9.17) is 15.0 Å². The number of aliphatic imine (C=N–C) groups is 3. The largest absolute Gasteiger partial charge is 0.508 e. The maximum Gasteiger partial charge on any atom is 0.151 e. The summed E-state index contributed by atoms with van der Waals surface area (Å²) in [7, 11) is 0. The number of nitrogens with one attached hydrogen (secondary N) is 1. The van der Waals surface area contributed by atoms with Crippen LogP contribution in [0.25, 0.3) is 5.70 Å². The van der Waals surface area contributed by atoms with Crippen LogP contribution in [-0.4, -0.2) is 41.5 Å². The van der Waals surface area contributed by atoms with Crippen molar-refractivity contribution in [1.82, 2.24) is 5.32 Å². The van der Waals surface area contributed by atoms with Gasteiger partial charge in [-0.05, 0) is 64.0 Å². The van der Waals surface area contributed by atoms with Gasteiger partial charge in [0.05, 0.1) is 17.6 Å². The van der Waals surface area contributed by atoms with Gasteiger partial charge in [0.15, 0.2) is 5.66 Å². The van der Waals surface area contributed by atoms with Gasteiger partial charge in [0.1, 0.15) is 11.5 Å². The van der Waals surface area contributed by atoms with Crippen molar-refractivity contribution < 1.29 is 5.11 Å². The van der Waals surface area contributed by atoms with Crippen molar-refractivity contribution in [1.29, 1.82) is 0 Å². The second-order valence-corrected chi connectivity index (χ2v) is 6.85. The molecule has 1 atom stereocenters. The minimum atomic E-state index is -0.387. The molecule has 1 unspecified atom stereocenters.